The second-order valence-corrected chi connectivity index (χ2v) is 9.70. The molecule has 190 valence electrons. The van der Waals surface area contributed by atoms with Crippen LogP contribution in [0, 0.1) is 0 Å². The number of benzene rings is 3. The Balaban J connectivity index is 1.32. The van der Waals surface area contributed by atoms with Crippen molar-refractivity contribution in [2.45, 2.75) is 25.3 Å². The van der Waals surface area contributed by atoms with Crippen LogP contribution in [0.25, 0.3) is 27.9 Å². The van der Waals surface area contributed by atoms with Gasteiger partial charge in [-0.2, -0.15) is 0 Å². The molecule has 7 heteroatoms. The van der Waals surface area contributed by atoms with Gasteiger partial charge in [0.1, 0.15) is 5.69 Å². The standard InChI is InChI=1S/C31H28N4O3/c36-30(34-38)14-10-20-9-12-25-21(17-20)11-13-29(25)35(16-15-23-19-32-27-8-4-2-6-24(23)27)31(37)28-18-22-5-1-3-7-26(22)33-28/h1-10,12,14,17-19,29,32-33,38H,11,13,15-16H2,(H,34,36)/b14-10+. The summed E-state index contributed by atoms with van der Waals surface area (Å²) in [5, 5.41) is 10.9. The molecular formula is C31H28N4O3. The Bertz CT molecular complexity index is 1650. The number of carbonyl (C=O) groups is 2. The van der Waals surface area contributed by atoms with Crippen LogP contribution in [0.2, 0.25) is 0 Å². The van der Waals surface area contributed by atoms with Gasteiger partial charge in [0.25, 0.3) is 11.8 Å². The lowest BCUT2D eigenvalue weighted by molar-refractivity contribution is -0.124. The van der Waals surface area contributed by atoms with E-state index in [1.54, 1.807) is 11.6 Å². The highest BCUT2D eigenvalue weighted by atomic mass is 16.5. The second kappa shape index (κ2) is 10.0. The summed E-state index contributed by atoms with van der Waals surface area (Å²) < 4.78 is 0. The number of carbonyl (C=O) groups excluding carboxylic acids is 2. The van der Waals surface area contributed by atoms with Crippen molar-refractivity contribution in [1.82, 2.24) is 20.3 Å². The number of nitrogens with one attached hydrogen (secondary N) is 3. The minimum atomic E-state index is -0.573. The summed E-state index contributed by atoms with van der Waals surface area (Å²) in [4.78, 5) is 34.1. The highest BCUT2D eigenvalue weighted by Gasteiger charge is 2.32. The fourth-order valence-corrected chi connectivity index (χ4v) is 5.57. The van der Waals surface area contributed by atoms with Crippen LogP contribution in [0.15, 0.2) is 85.1 Å². The molecule has 7 nitrogen and oxygen atoms in total. The maximum atomic E-state index is 14.0. The molecule has 5 aromatic rings. The summed E-state index contributed by atoms with van der Waals surface area (Å²) in [6, 6.07) is 24.1. The Kier molecular flexibility index (Phi) is 6.27. The molecule has 0 saturated heterocycles. The third kappa shape index (κ3) is 4.48. The minimum Gasteiger partial charge on any atom is -0.361 e. The van der Waals surface area contributed by atoms with Gasteiger partial charge in [0, 0.05) is 40.6 Å². The van der Waals surface area contributed by atoms with E-state index in [-0.39, 0.29) is 11.9 Å². The number of hydrogen-bond donors (Lipinski definition) is 4. The van der Waals surface area contributed by atoms with E-state index in [0.29, 0.717) is 12.2 Å². The molecule has 6 rings (SSSR count). The van der Waals surface area contributed by atoms with Crippen LogP contribution in [-0.2, 0) is 17.6 Å². The van der Waals surface area contributed by atoms with Gasteiger partial charge in [-0.15, -0.1) is 0 Å². The molecule has 2 heterocycles. The fourth-order valence-electron chi connectivity index (χ4n) is 5.57. The second-order valence-electron chi connectivity index (χ2n) is 9.70. The van der Waals surface area contributed by atoms with Gasteiger partial charge in [-0.05, 0) is 65.8 Å². The first-order valence-electron chi connectivity index (χ1n) is 12.8. The summed E-state index contributed by atoms with van der Waals surface area (Å²) >= 11 is 0. The Hall–Kier alpha value is -4.62. The van der Waals surface area contributed by atoms with E-state index in [1.165, 1.54) is 22.6 Å². The third-order valence-electron chi connectivity index (χ3n) is 7.44. The zero-order valence-electron chi connectivity index (χ0n) is 20.8. The molecule has 1 unspecified atom stereocenters. The molecule has 2 amide bonds. The number of H-pyrrole nitrogens is 2. The van der Waals surface area contributed by atoms with Crippen LogP contribution in [-0.4, -0.2) is 38.4 Å². The van der Waals surface area contributed by atoms with Crippen molar-refractivity contribution in [3.63, 3.8) is 0 Å². The average molecular weight is 505 g/mol. The third-order valence-corrected chi connectivity index (χ3v) is 7.44. The molecule has 2 aromatic heterocycles. The molecule has 0 saturated carbocycles. The predicted molar refractivity (Wildman–Crippen MR) is 148 cm³/mol. The van der Waals surface area contributed by atoms with E-state index in [9.17, 15) is 9.59 Å². The van der Waals surface area contributed by atoms with Gasteiger partial charge in [-0.3, -0.25) is 14.8 Å². The zero-order chi connectivity index (χ0) is 26.1. The highest BCUT2D eigenvalue weighted by Crippen LogP contribution is 2.38. The lowest BCUT2D eigenvalue weighted by Gasteiger charge is -2.30. The number of aromatic amines is 2. The quantitative estimate of drug-likeness (QED) is 0.133. The van der Waals surface area contributed by atoms with Gasteiger partial charge < -0.3 is 14.9 Å². The summed E-state index contributed by atoms with van der Waals surface area (Å²) in [6.07, 6.45) is 7.42. The molecular weight excluding hydrogens is 476 g/mol. The normalized spacial score (nSPS) is 14.8. The monoisotopic (exact) mass is 504 g/mol. The number of para-hydroxylation sites is 2. The Labute approximate surface area is 219 Å². The SMILES string of the molecule is O=C(/C=C/c1ccc2c(c1)CCC2N(CCc1c[nH]c2ccccc12)C(=O)c1cc2ccccc2[nH]1)NO. The lowest BCUT2D eigenvalue weighted by atomic mass is 10.0. The number of amides is 2. The highest BCUT2D eigenvalue weighted by molar-refractivity contribution is 5.98. The van der Waals surface area contributed by atoms with Crippen molar-refractivity contribution in [3.8, 4) is 0 Å². The first kappa shape index (κ1) is 23.8. The molecule has 3 aromatic carbocycles. The molecule has 0 fully saturated rings. The molecule has 1 atom stereocenters. The van der Waals surface area contributed by atoms with Crippen molar-refractivity contribution >= 4 is 39.7 Å². The lowest BCUT2D eigenvalue weighted by Crippen LogP contribution is -2.36. The van der Waals surface area contributed by atoms with E-state index in [1.807, 2.05) is 59.6 Å². The van der Waals surface area contributed by atoms with Crippen LogP contribution >= 0.6 is 0 Å². The van der Waals surface area contributed by atoms with Gasteiger partial charge in [-0.1, -0.05) is 54.6 Å². The van der Waals surface area contributed by atoms with Crippen LogP contribution < -0.4 is 5.48 Å². The van der Waals surface area contributed by atoms with Gasteiger partial charge in [0.15, 0.2) is 0 Å². The zero-order valence-corrected chi connectivity index (χ0v) is 20.8. The number of aromatic nitrogens is 2. The fraction of sp³-hybridized carbons (Fsp3) is 0.161. The summed E-state index contributed by atoms with van der Waals surface area (Å²) in [6.45, 7) is 0.582. The van der Waals surface area contributed by atoms with Crippen molar-refractivity contribution in [2.75, 3.05) is 6.54 Å². The van der Waals surface area contributed by atoms with Crippen LogP contribution in [0.1, 0.15) is 45.2 Å². The van der Waals surface area contributed by atoms with Crippen molar-refractivity contribution < 1.29 is 14.8 Å². The Morgan fingerprint density at radius 1 is 1.03 bits per heavy atom. The smallest absolute Gasteiger partial charge is 0.270 e. The molecule has 4 N–H and O–H groups in total. The van der Waals surface area contributed by atoms with Crippen molar-refractivity contribution in [2.24, 2.45) is 0 Å². The number of aryl methyl sites for hydroxylation is 1. The number of hydroxylamine groups is 1. The van der Waals surface area contributed by atoms with Crippen LogP contribution in [0.3, 0.4) is 0 Å². The number of hydrogen-bond acceptors (Lipinski definition) is 3. The Morgan fingerprint density at radius 2 is 1.84 bits per heavy atom. The molecule has 0 spiro atoms. The molecule has 1 aliphatic rings. The van der Waals surface area contributed by atoms with Gasteiger partial charge in [0.2, 0.25) is 0 Å². The summed E-state index contributed by atoms with van der Waals surface area (Å²) in [5.41, 5.74) is 8.61. The van der Waals surface area contributed by atoms with Crippen LogP contribution in [0.4, 0.5) is 0 Å². The molecule has 0 radical (unpaired) electrons. The van der Waals surface area contributed by atoms with Gasteiger partial charge >= 0.3 is 0 Å². The van der Waals surface area contributed by atoms with E-state index in [4.69, 9.17) is 5.21 Å². The molecule has 1 aliphatic carbocycles. The van der Waals surface area contributed by atoms with Crippen molar-refractivity contribution in [3.05, 3.63) is 113 Å². The summed E-state index contributed by atoms with van der Waals surface area (Å²) in [7, 11) is 0. The average Bonchev–Trinajstić information content (AvgIpc) is 3.68. The summed E-state index contributed by atoms with van der Waals surface area (Å²) in [5.74, 6) is -0.585. The maximum Gasteiger partial charge on any atom is 0.270 e. The van der Waals surface area contributed by atoms with E-state index in [2.05, 4.69) is 34.2 Å². The first-order chi connectivity index (χ1) is 18.6. The van der Waals surface area contributed by atoms with Crippen LogP contribution in [0.5, 0.6) is 0 Å². The first-order valence-corrected chi connectivity index (χ1v) is 12.8. The number of fused-ring (bicyclic) bond motifs is 3. The number of rotatable bonds is 7. The predicted octanol–water partition coefficient (Wildman–Crippen LogP) is 5.54. The molecule has 0 bridgehead atoms. The largest absolute Gasteiger partial charge is 0.361 e. The maximum absolute atomic E-state index is 14.0. The van der Waals surface area contributed by atoms with E-state index < -0.39 is 5.91 Å². The van der Waals surface area contributed by atoms with Gasteiger partial charge in [0.05, 0.1) is 6.04 Å². The number of nitrogens with zero attached hydrogens (tertiary/aromatic N) is 1. The topological polar surface area (TPSA) is 101 Å². The Morgan fingerprint density at radius 3 is 2.68 bits per heavy atom. The molecule has 38 heavy (non-hydrogen) atoms. The van der Waals surface area contributed by atoms with Gasteiger partial charge in [-0.25, -0.2) is 5.48 Å². The van der Waals surface area contributed by atoms with Crippen molar-refractivity contribution in [1.29, 1.82) is 0 Å². The minimum absolute atomic E-state index is 0.0116. The van der Waals surface area contributed by atoms with E-state index >= 15 is 0 Å². The van der Waals surface area contributed by atoms with E-state index in [0.717, 1.165) is 46.8 Å². The molecule has 0 aliphatic heterocycles.